The summed E-state index contributed by atoms with van der Waals surface area (Å²) in [7, 11) is 0. The summed E-state index contributed by atoms with van der Waals surface area (Å²) >= 11 is 0. The molecule has 8 heteroatoms. The summed E-state index contributed by atoms with van der Waals surface area (Å²) in [5.74, 6) is -2.80. The topological polar surface area (TPSA) is 81.0 Å². The molecule has 1 N–H and O–H groups in total. The van der Waals surface area contributed by atoms with E-state index in [-0.39, 0.29) is 28.5 Å². The highest BCUT2D eigenvalue weighted by Gasteiger charge is 2.24. The van der Waals surface area contributed by atoms with Gasteiger partial charge in [-0.25, -0.2) is 23.5 Å². The number of hydrogen-bond acceptors (Lipinski definition) is 5. The van der Waals surface area contributed by atoms with E-state index >= 15 is 0 Å². The van der Waals surface area contributed by atoms with Crippen LogP contribution in [0.3, 0.4) is 0 Å². The number of aromatic amines is 1. The molecule has 22 heavy (non-hydrogen) atoms. The van der Waals surface area contributed by atoms with Gasteiger partial charge in [-0.05, 0) is 18.9 Å². The summed E-state index contributed by atoms with van der Waals surface area (Å²) in [4.78, 5) is 21.5. The van der Waals surface area contributed by atoms with Crippen molar-refractivity contribution in [3.63, 3.8) is 0 Å². The van der Waals surface area contributed by atoms with E-state index in [9.17, 15) is 13.6 Å². The monoisotopic (exact) mass is 305 g/mol. The van der Waals surface area contributed by atoms with Crippen molar-refractivity contribution >= 4 is 11.1 Å². The van der Waals surface area contributed by atoms with E-state index in [0.717, 1.165) is 18.9 Å². The third kappa shape index (κ3) is 2.12. The van der Waals surface area contributed by atoms with Gasteiger partial charge in [0.25, 0.3) is 0 Å². The Labute approximate surface area is 121 Å². The fourth-order valence-electron chi connectivity index (χ4n) is 2.11. The highest BCUT2D eigenvalue weighted by atomic mass is 19.2. The number of ether oxygens (including phenoxy) is 1. The predicted octanol–water partition coefficient (Wildman–Crippen LogP) is 2.40. The summed E-state index contributed by atoms with van der Waals surface area (Å²) in [6.45, 7) is 0. The SMILES string of the molecule is O=c1[nH]c2c(F)c(F)cc(-c3cnc(OC4CC4)cn3)c2o1. The molecule has 6 nitrogen and oxygen atoms in total. The van der Waals surface area contributed by atoms with Crippen LogP contribution in [-0.2, 0) is 0 Å². The average Bonchev–Trinajstić information content (AvgIpc) is 3.23. The maximum absolute atomic E-state index is 13.7. The lowest BCUT2D eigenvalue weighted by Gasteiger charge is -2.05. The summed E-state index contributed by atoms with van der Waals surface area (Å²) in [6.07, 6.45) is 4.91. The minimum Gasteiger partial charge on any atom is -0.473 e. The molecule has 4 rings (SSSR count). The molecule has 0 unspecified atom stereocenters. The van der Waals surface area contributed by atoms with Gasteiger partial charge in [0.1, 0.15) is 11.6 Å². The zero-order valence-corrected chi connectivity index (χ0v) is 11.1. The van der Waals surface area contributed by atoms with E-state index in [4.69, 9.17) is 9.15 Å². The highest BCUT2D eigenvalue weighted by molar-refractivity contribution is 5.89. The molecule has 1 aliphatic carbocycles. The smallest absolute Gasteiger partial charge is 0.417 e. The number of aromatic nitrogens is 3. The molecule has 2 heterocycles. The number of rotatable bonds is 3. The second-order valence-electron chi connectivity index (χ2n) is 5.00. The van der Waals surface area contributed by atoms with Gasteiger partial charge < -0.3 is 9.15 Å². The Morgan fingerprint density at radius 3 is 2.77 bits per heavy atom. The molecule has 0 spiro atoms. The number of hydrogen-bond donors (Lipinski definition) is 1. The van der Waals surface area contributed by atoms with Crippen molar-refractivity contribution in [3.8, 4) is 17.1 Å². The molecule has 1 fully saturated rings. The third-order valence-electron chi connectivity index (χ3n) is 3.31. The molecule has 112 valence electrons. The zero-order chi connectivity index (χ0) is 15.3. The first-order valence-electron chi connectivity index (χ1n) is 6.61. The maximum Gasteiger partial charge on any atom is 0.417 e. The molecule has 0 amide bonds. The Morgan fingerprint density at radius 2 is 2.09 bits per heavy atom. The number of nitrogens with zero attached hydrogens (tertiary/aromatic N) is 2. The first-order chi connectivity index (χ1) is 10.6. The number of halogens is 2. The van der Waals surface area contributed by atoms with E-state index in [1.807, 2.05) is 0 Å². The first kappa shape index (κ1) is 12.9. The van der Waals surface area contributed by atoms with Crippen LogP contribution in [-0.4, -0.2) is 21.1 Å². The number of fused-ring (bicyclic) bond motifs is 1. The zero-order valence-electron chi connectivity index (χ0n) is 11.1. The predicted molar refractivity (Wildman–Crippen MR) is 71.4 cm³/mol. The highest BCUT2D eigenvalue weighted by Crippen LogP contribution is 2.30. The third-order valence-corrected chi connectivity index (χ3v) is 3.31. The number of H-pyrrole nitrogens is 1. The van der Waals surface area contributed by atoms with Crippen LogP contribution in [0.25, 0.3) is 22.4 Å². The minimum absolute atomic E-state index is 0.103. The quantitative estimate of drug-likeness (QED) is 0.803. The van der Waals surface area contributed by atoms with Gasteiger partial charge in [-0.15, -0.1) is 0 Å². The molecule has 0 saturated heterocycles. The van der Waals surface area contributed by atoms with Gasteiger partial charge in [-0.1, -0.05) is 0 Å². The van der Waals surface area contributed by atoms with Gasteiger partial charge in [-0.2, -0.15) is 0 Å². The summed E-state index contributed by atoms with van der Waals surface area (Å²) in [5.41, 5.74) is -0.0540. The second kappa shape index (κ2) is 4.62. The lowest BCUT2D eigenvalue weighted by atomic mass is 10.1. The van der Waals surface area contributed by atoms with Gasteiger partial charge in [-0.3, -0.25) is 4.98 Å². The maximum atomic E-state index is 13.7. The Kier molecular flexibility index (Phi) is 2.72. The van der Waals surface area contributed by atoms with Crippen LogP contribution in [0.2, 0.25) is 0 Å². The Balaban J connectivity index is 1.82. The van der Waals surface area contributed by atoms with Crippen LogP contribution >= 0.6 is 0 Å². The molecule has 2 aromatic heterocycles. The van der Waals surface area contributed by atoms with Crippen molar-refractivity contribution < 1.29 is 17.9 Å². The van der Waals surface area contributed by atoms with E-state index in [1.54, 1.807) is 0 Å². The van der Waals surface area contributed by atoms with Gasteiger partial charge in [0, 0.05) is 5.56 Å². The normalized spacial score (nSPS) is 14.5. The van der Waals surface area contributed by atoms with Crippen LogP contribution in [0.1, 0.15) is 12.8 Å². The Morgan fingerprint density at radius 1 is 1.27 bits per heavy atom. The first-order valence-corrected chi connectivity index (χ1v) is 6.61. The van der Waals surface area contributed by atoms with Crippen LogP contribution in [0.15, 0.2) is 27.7 Å². The molecular weight excluding hydrogens is 296 g/mol. The standard InChI is InChI=1S/C14H9F2N3O3/c15-8-3-7(13-12(11(8)16)19-14(20)22-13)9-4-18-10(5-17-9)21-6-1-2-6/h3-6H,1-2H2,(H,19,20). The Hall–Kier alpha value is -2.77. The summed E-state index contributed by atoms with van der Waals surface area (Å²) < 4.78 is 37.7. The number of oxazole rings is 1. The lowest BCUT2D eigenvalue weighted by Crippen LogP contribution is -1.99. The van der Waals surface area contributed by atoms with E-state index in [0.29, 0.717) is 5.88 Å². The number of nitrogens with one attached hydrogen (secondary N) is 1. The molecule has 0 bridgehead atoms. The molecule has 3 aromatic rings. The molecule has 0 radical (unpaired) electrons. The van der Waals surface area contributed by atoms with Crippen molar-refractivity contribution in [1.82, 2.24) is 15.0 Å². The van der Waals surface area contributed by atoms with Crippen molar-refractivity contribution in [2.24, 2.45) is 0 Å². The molecule has 1 saturated carbocycles. The largest absolute Gasteiger partial charge is 0.473 e. The fourth-order valence-corrected chi connectivity index (χ4v) is 2.11. The molecule has 0 atom stereocenters. The van der Waals surface area contributed by atoms with Crippen LogP contribution in [0.4, 0.5) is 8.78 Å². The van der Waals surface area contributed by atoms with Crippen molar-refractivity contribution in [1.29, 1.82) is 0 Å². The second-order valence-corrected chi connectivity index (χ2v) is 5.00. The van der Waals surface area contributed by atoms with Gasteiger partial charge in [0.05, 0.1) is 18.1 Å². The fraction of sp³-hybridized carbons (Fsp3) is 0.214. The van der Waals surface area contributed by atoms with Gasteiger partial charge in [0.2, 0.25) is 5.88 Å². The van der Waals surface area contributed by atoms with E-state index in [1.165, 1.54) is 12.4 Å². The van der Waals surface area contributed by atoms with Gasteiger partial charge >= 0.3 is 5.76 Å². The lowest BCUT2D eigenvalue weighted by molar-refractivity contribution is 0.290. The number of benzene rings is 1. The summed E-state index contributed by atoms with van der Waals surface area (Å²) in [5, 5.41) is 0. The van der Waals surface area contributed by atoms with Crippen molar-refractivity contribution in [2.45, 2.75) is 18.9 Å². The molecule has 1 aliphatic rings. The van der Waals surface area contributed by atoms with Crippen LogP contribution in [0.5, 0.6) is 5.88 Å². The van der Waals surface area contributed by atoms with Crippen LogP contribution < -0.4 is 10.5 Å². The van der Waals surface area contributed by atoms with Crippen LogP contribution in [0, 0.1) is 11.6 Å². The van der Waals surface area contributed by atoms with Crippen molar-refractivity contribution in [3.05, 3.63) is 40.6 Å². The van der Waals surface area contributed by atoms with Gasteiger partial charge in [0.15, 0.2) is 17.2 Å². The Bertz CT molecular complexity index is 913. The summed E-state index contributed by atoms with van der Waals surface area (Å²) in [6, 6.07) is 0.917. The average molecular weight is 305 g/mol. The minimum atomic E-state index is -1.17. The molecule has 0 aliphatic heterocycles. The van der Waals surface area contributed by atoms with E-state index < -0.39 is 17.4 Å². The van der Waals surface area contributed by atoms with Crippen molar-refractivity contribution in [2.75, 3.05) is 0 Å². The molecular formula is C14H9F2N3O3. The van der Waals surface area contributed by atoms with E-state index in [2.05, 4.69) is 15.0 Å². The molecule has 1 aromatic carbocycles.